The molecule has 0 saturated carbocycles. The van der Waals surface area contributed by atoms with E-state index in [2.05, 4.69) is 16.0 Å². The number of carbonyl (C=O) groups excluding carboxylic acids is 3. The van der Waals surface area contributed by atoms with Gasteiger partial charge in [-0.1, -0.05) is 59.6 Å². The molecule has 220 valence electrons. The molecule has 7 nitrogen and oxygen atoms in total. The fraction of sp³-hybridized carbons (Fsp3) is 0.121. The standard InChI is InChI=1S/C33H29Cl2N3O4S/c1-3-42-30-15-8-7-14-28(30)37-31(39)21(2)43-24-18-16-23(17-19-24)36-33(41)29(20-25-26(34)12-9-13-27(25)35)38-32(40)22-10-5-4-6-11-22/h4-21H,3H2,1-2H3,(H,36,41)(H,37,39)(H,38,40)/b29-20-. The van der Waals surface area contributed by atoms with Gasteiger partial charge in [-0.05, 0) is 80.6 Å². The van der Waals surface area contributed by atoms with Crippen molar-refractivity contribution in [2.24, 2.45) is 0 Å². The van der Waals surface area contributed by atoms with Crippen LogP contribution in [0.25, 0.3) is 6.08 Å². The lowest BCUT2D eigenvalue weighted by molar-refractivity contribution is -0.115. The monoisotopic (exact) mass is 633 g/mol. The Morgan fingerprint density at radius 2 is 1.49 bits per heavy atom. The van der Waals surface area contributed by atoms with E-state index >= 15 is 0 Å². The largest absolute Gasteiger partial charge is 0.492 e. The van der Waals surface area contributed by atoms with Crippen LogP contribution in [-0.4, -0.2) is 29.6 Å². The molecule has 43 heavy (non-hydrogen) atoms. The summed E-state index contributed by atoms with van der Waals surface area (Å²) in [4.78, 5) is 39.9. The smallest absolute Gasteiger partial charge is 0.272 e. The Kier molecular flexibility index (Phi) is 11.3. The predicted octanol–water partition coefficient (Wildman–Crippen LogP) is 7.92. The van der Waals surface area contributed by atoms with Gasteiger partial charge in [0.15, 0.2) is 0 Å². The van der Waals surface area contributed by atoms with Crippen molar-refractivity contribution in [2.75, 3.05) is 17.2 Å². The zero-order chi connectivity index (χ0) is 30.8. The van der Waals surface area contributed by atoms with Gasteiger partial charge in [-0.3, -0.25) is 14.4 Å². The molecule has 4 rings (SSSR count). The Morgan fingerprint density at radius 3 is 2.16 bits per heavy atom. The third-order valence-corrected chi connectivity index (χ3v) is 7.83. The molecule has 0 fully saturated rings. The number of carbonyl (C=O) groups is 3. The maximum Gasteiger partial charge on any atom is 0.272 e. The molecular weight excluding hydrogens is 605 g/mol. The maximum atomic E-state index is 13.4. The van der Waals surface area contributed by atoms with Crippen molar-refractivity contribution in [3.63, 3.8) is 0 Å². The van der Waals surface area contributed by atoms with Crippen LogP contribution in [0.4, 0.5) is 11.4 Å². The number of amides is 3. The van der Waals surface area contributed by atoms with Crippen molar-refractivity contribution in [2.45, 2.75) is 24.0 Å². The van der Waals surface area contributed by atoms with Crippen LogP contribution in [0.2, 0.25) is 10.0 Å². The number of benzene rings is 4. The molecule has 1 atom stereocenters. The maximum absolute atomic E-state index is 13.4. The van der Waals surface area contributed by atoms with Crippen LogP contribution >= 0.6 is 35.0 Å². The summed E-state index contributed by atoms with van der Waals surface area (Å²) in [7, 11) is 0. The quantitative estimate of drug-likeness (QED) is 0.115. The minimum atomic E-state index is -0.568. The first-order valence-corrected chi connectivity index (χ1v) is 15.0. The summed E-state index contributed by atoms with van der Waals surface area (Å²) in [5.41, 5.74) is 1.84. The summed E-state index contributed by atoms with van der Waals surface area (Å²) in [6.07, 6.45) is 1.44. The van der Waals surface area contributed by atoms with Gasteiger partial charge in [-0.15, -0.1) is 11.8 Å². The minimum Gasteiger partial charge on any atom is -0.492 e. The molecule has 0 spiro atoms. The average molecular weight is 635 g/mol. The van der Waals surface area contributed by atoms with E-state index in [9.17, 15) is 14.4 Å². The van der Waals surface area contributed by atoms with Crippen LogP contribution in [0.3, 0.4) is 0 Å². The highest BCUT2D eigenvalue weighted by Crippen LogP contribution is 2.29. The second-order valence-electron chi connectivity index (χ2n) is 9.17. The van der Waals surface area contributed by atoms with E-state index in [1.807, 2.05) is 26.0 Å². The molecule has 0 radical (unpaired) electrons. The van der Waals surface area contributed by atoms with Gasteiger partial charge in [0.2, 0.25) is 5.91 Å². The van der Waals surface area contributed by atoms with E-state index in [-0.39, 0.29) is 11.6 Å². The second-order valence-corrected chi connectivity index (χ2v) is 11.4. The average Bonchev–Trinajstić information content (AvgIpc) is 3.00. The van der Waals surface area contributed by atoms with E-state index in [1.165, 1.54) is 17.8 Å². The number of anilines is 2. The van der Waals surface area contributed by atoms with Gasteiger partial charge in [-0.25, -0.2) is 0 Å². The number of thioether (sulfide) groups is 1. The Bertz CT molecular complexity index is 1610. The molecular formula is C33H29Cl2N3O4S. The molecule has 0 aromatic heterocycles. The number of para-hydroxylation sites is 2. The molecule has 0 saturated heterocycles. The third-order valence-electron chi connectivity index (χ3n) is 6.06. The topological polar surface area (TPSA) is 96.5 Å². The SMILES string of the molecule is CCOc1ccccc1NC(=O)C(C)Sc1ccc(NC(=O)/C(=C/c2c(Cl)cccc2Cl)NC(=O)c2ccccc2)cc1. The fourth-order valence-corrected chi connectivity index (χ4v) is 5.27. The first kappa shape index (κ1) is 31.7. The summed E-state index contributed by atoms with van der Waals surface area (Å²) < 4.78 is 5.59. The minimum absolute atomic E-state index is 0.0417. The Balaban J connectivity index is 1.45. The lowest BCUT2D eigenvalue weighted by atomic mass is 10.1. The Labute approximate surface area is 264 Å². The van der Waals surface area contributed by atoms with Crippen LogP contribution in [0.1, 0.15) is 29.8 Å². The van der Waals surface area contributed by atoms with Crippen LogP contribution in [0.15, 0.2) is 108 Å². The number of ether oxygens (including phenoxy) is 1. The van der Waals surface area contributed by atoms with Gasteiger partial charge < -0.3 is 20.7 Å². The zero-order valence-corrected chi connectivity index (χ0v) is 25.7. The summed E-state index contributed by atoms with van der Waals surface area (Å²) in [6.45, 7) is 4.19. The molecule has 10 heteroatoms. The number of rotatable bonds is 11. The number of hydrogen-bond acceptors (Lipinski definition) is 5. The van der Waals surface area contributed by atoms with Gasteiger partial charge in [0.1, 0.15) is 11.4 Å². The van der Waals surface area contributed by atoms with E-state index in [1.54, 1.807) is 84.9 Å². The second kappa shape index (κ2) is 15.3. The zero-order valence-electron chi connectivity index (χ0n) is 23.4. The molecule has 0 aliphatic carbocycles. The van der Waals surface area contributed by atoms with Gasteiger partial charge in [-0.2, -0.15) is 0 Å². The summed E-state index contributed by atoms with van der Waals surface area (Å²) in [5.74, 6) is -0.591. The molecule has 0 aliphatic rings. The summed E-state index contributed by atoms with van der Waals surface area (Å²) >= 11 is 14.0. The third kappa shape index (κ3) is 8.88. The Hall–Kier alpha value is -4.24. The van der Waals surface area contributed by atoms with Crippen LogP contribution < -0.4 is 20.7 Å². The van der Waals surface area contributed by atoms with Crippen molar-refractivity contribution in [1.82, 2.24) is 5.32 Å². The van der Waals surface area contributed by atoms with Crippen LogP contribution in [-0.2, 0) is 9.59 Å². The molecule has 0 heterocycles. The molecule has 4 aromatic carbocycles. The van der Waals surface area contributed by atoms with Gasteiger partial charge in [0.05, 0.1) is 17.5 Å². The van der Waals surface area contributed by atoms with Crippen LogP contribution in [0.5, 0.6) is 5.75 Å². The summed E-state index contributed by atoms with van der Waals surface area (Å²) in [5, 5.41) is 8.64. The number of nitrogens with one attached hydrogen (secondary N) is 3. The van der Waals surface area contributed by atoms with Crippen molar-refractivity contribution in [3.05, 3.63) is 124 Å². The lowest BCUT2D eigenvalue weighted by Crippen LogP contribution is -2.30. The molecule has 1 unspecified atom stereocenters. The van der Waals surface area contributed by atoms with E-state index < -0.39 is 17.1 Å². The molecule has 0 bridgehead atoms. The number of halogens is 2. The first-order valence-electron chi connectivity index (χ1n) is 13.4. The van der Waals surface area contributed by atoms with Gasteiger partial charge in [0, 0.05) is 31.8 Å². The van der Waals surface area contributed by atoms with Crippen molar-refractivity contribution >= 4 is 70.1 Å². The van der Waals surface area contributed by atoms with Crippen molar-refractivity contribution in [3.8, 4) is 5.75 Å². The normalized spacial score (nSPS) is 11.8. The molecule has 4 aromatic rings. The van der Waals surface area contributed by atoms with Crippen molar-refractivity contribution in [1.29, 1.82) is 0 Å². The first-order chi connectivity index (χ1) is 20.7. The molecule has 3 N–H and O–H groups in total. The predicted molar refractivity (Wildman–Crippen MR) is 175 cm³/mol. The van der Waals surface area contributed by atoms with Crippen LogP contribution in [0, 0.1) is 0 Å². The highest BCUT2D eigenvalue weighted by molar-refractivity contribution is 8.00. The van der Waals surface area contributed by atoms with Crippen molar-refractivity contribution < 1.29 is 19.1 Å². The van der Waals surface area contributed by atoms with E-state index in [0.29, 0.717) is 44.9 Å². The van der Waals surface area contributed by atoms with E-state index in [0.717, 1.165) is 4.90 Å². The van der Waals surface area contributed by atoms with Gasteiger partial charge >= 0.3 is 0 Å². The molecule has 0 aliphatic heterocycles. The van der Waals surface area contributed by atoms with E-state index in [4.69, 9.17) is 27.9 Å². The lowest BCUT2D eigenvalue weighted by Gasteiger charge is -2.15. The van der Waals surface area contributed by atoms with Gasteiger partial charge in [0.25, 0.3) is 11.8 Å². The highest BCUT2D eigenvalue weighted by atomic mass is 35.5. The molecule has 3 amide bonds. The summed E-state index contributed by atoms with van der Waals surface area (Å²) in [6, 6.07) is 27.8. The Morgan fingerprint density at radius 1 is 0.837 bits per heavy atom. The fourth-order valence-electron chi connectivity index (χ4n) is 3.89. The highest BCUT2D eigenvalue weighted by Gasteiger charge is 2.18. The number of hydrogen-bond donors (Lipinski definition) is 3.